The van der Waals surface area contributed by atoms with Gasteiger partial charge in [0.25, 0.3) is 0 Å². The Morgan fingerprint density at radius 3 is 2.65 bits per heavy atom. The Kier molecular flexibility index (Phi) is 4.67. The molecule has 2 aromatic rings. The standard InChI is InChI=1S/C14H17F3N2O/c15-14(16,17)10-20-8-7-19-9-11(5-6-18)12-3-1-2-4-13(12)19/h1-4,9H,5-8,10,18H2. The van der Waals surface area contributed by atoms with E-state index in [0.29, 0.717) is 13.1 Å². The molecular formula is C14H17F3N2O. The maximum atomic E-state index is 12.0. The summed E-state index contributed by atoms with van der Waals surface area (Å²) in [5, 5.41) is 1.09. The molecule has 20 heavy (non-hydrogen) atoms. The second kappa shape index (κ2) is 6.28. The van der Waals surface area contributed by atoms with E-state index in [1.807, 2.05) is 35.0 Å². The van der Waals surface area contributed by atoms with Gasteiger partial charge in [-0.05, 0) is 24.6 Å². The molecule has 0 spiro atoms. The summed E-state index contributed by atoms with van der Waals surface area (Å²) in [4.78, 5) is 0. The summed E-state index contributed by atoms with van der Waals surface area (Å²) in [6.45, 7) is -0.248. The third-order valence-electron chi connectivity index (χ3n) is 3.03. The Hall–Kier alpha value is -1.53. The molecule has 110 valence electrons. The first-order valence-corrected chi connectivity index (χ1v) is 6.42. The number of hydrogen-bond acceptors (Lipinski definition) is 2. The monoisotopic (exact) mass is 286 g/mol. The van der Waals surface area contributed by atoms with Crippen molar-refractivity contribution in [3.05, 3.63) is 36.0 Å². The Morgan fingerprint density at radius 1 is 1.20 bits per heavy atom. The number of benzene rings is 1. The van der Waals surface area contributed by atoms with E-state index in [1.54, 1.807) is 0 Å². The third kappa shape index (κ3) is 3.74. The van der Waals surface area contributed by atoms with Crippen molar-refractivity contribution in [3.8, 4) is 0 Å². The molecule has 0 bridgehead atoms. The normalized spacial score (nSPS) is 12.2. The van der Waals surface area contributed by atoms with Crippen LogP contribution in [0.2, 0.25) is 0 Å². The van der Waals surface area contributed by atoms with Gasteiger partial charge in [0, 0.05) is 23.6 Å². The van der Waals surface area contributed by atoms with E-state index >= 15 is 0 Å². The SMILES string of the molecule is NCCc1cn(CCOCC(F)(F)F)c2ccccc12. The number of nitrogens with zero attached hydrogens (tertiary/aromatic N) is 1. The van der Waals surface area contributed by atoms with E-state index < -0.39 is 12.8 Å². The van der Waals surface area contributed by atoms with Crippen LogP contribution in [0, 0.1) is 0 Å². The van der Waals surface area contributed by atoms with E-state index in [9.17, 15) is 13.2 Å². The fourth-order valence-corrected chi connectivity index (χ4v) is 2.21. The summed E-state index contributed by atoms with van der Waals surface area (Å²) in [5.74, 6) is 0. The van der Waals surface area contributed by atoms with Crippen molar-refractivity contribution in [1.29, 1.82) is 0 Å². The zero-order valence-electron chi connectivity index (χ0n) is 11.0. The average molecular weight is 286 g/mol. The fraction of sp³-hybridized carbons (Fsp3) is 0.429. The topological polar surface area (TPSA) is 40.2 Å². The molecule has 0 unspecified atom stereocenters. The maximum Gasteiger partial charge on any atom is 0.411 e. The molecule has 0 fully saturated rings. The van der Waals surface area contributed by atoms with Crippen LogP contribution >= 0.6 is 0 Å². The number of hydrogen-bond donors (Lipinski definition) is 1. The van der Waals surface area contributed by atoms with Crippen LogP contribution in [-0.2, 0) is 17.7 Å². The second-order valence-electron chi connectivity index (χ2n) is 4.57. The Bertz CT molecular complexity index is 563. The highest BCUT2D eigenvalue weighted by Gasteiger charge is 2.27. The summed E-state index contributed by atoms with van der Waals surface area (Å²) in [5.41, 5.74) is 7.67. The molecule has 0 atom stereocenters. The summed E-state index contributed by atoms with van der Waals surface area (Å²) in [6.07, 6.45) is -1.59. The lowest BCUT2D eigenvalue weighted by molar-refractivity contribution is -0.174. The molecule has 0 aliphatic carbocycles. The van der Waals surface area contributed by atoms with Gasteiger partial charge < -0.3 is 15.0 Å². The number of fused-ring (bicyclic) bond motifs is 1. The van der Waals surface area contributed by atoms with Crippen LogP contribution in [0.5, 0.6) is 0 Å². The lowest BCUT2D eigenvalue weighted by atomic mass is 10.1. The number of para-hydroxylation sites is 1. The minimum atomic E-state index is -4.27. The fourth-order valence-electron chi connectivity index (χ4n) is 2.21. The van der Waals surface area contributed by atoms with Gasteiger partial charge in [0.2, 0.25) is 0 Å². The molecular weight excluding hydrogens is 269 g/mol. The summed E-state index contributed by atoms with van der Waals surface area (Å²) >= 11 is 0. The number of aromatic nitrogens is 1. The van der Waals surface area contributed by atoms with E-state index in [4.69, 9.17) is 5.73 Å². The van der Waals surface area contributed by atoms with Crippen LogP contribution in [0.1, 0.15) is 5.56 Å². The Morgan fingerprint density at radius 2 is 1.95 bits per heavy atom. The molecule has 6 heteroatoms. The van der Waals surface area contributed by atoms with Crippen molar-refractivity contribution in [2.45, 2.75) is 19.1 Å². The van der Waals surface area contributed by atoms with Gasteiger partial charge in [-0.1, -0.05) is 18.2 Å². The van der Waals surface area contributed by atoms with Crippen LogP contribution in [0.4, 0.5) is 13.2 Å². The van der Waals surface area contributed by atoms with E-state index in [2.05, 4.69) is 4.74 Å². The highest BCUT2D eigenvalue weighted by Crippen LogP contribution is 2.21. The van der Waals surface area contributed by atoms with Gasteiger partial charge in [-0.3, -0.25) is 0 Å². The zero-order chi connectivity index (χ0) is 14.6. The molecule has 1 aromatic heterocycles. The highest BCUT2D eigenvalue weighted by atomic mass is 19.4. The Labute approximate surface area is 115 Å². The van der Waals surface area contributed by atoms with Crippen molar-refractivity contribution in [1.82, 2.24) is 4.57 Å². The lowest BCUT2D eigenvalue weighted by Gasteiger charge is -2.09. The van der Waals surface area contributed by atoms with Crippen LogP contribution in [0.3, 0.4) is 0 Å². The Balaban J connectivity index is 2.06. The van der Waals surface area contributed by atoms with Crippen molar-refractivity contribution < 1.29 is 17.9 Å². The molecule has 2 rings (SSSR count). The van der Waals surface area contributed by atoms with Crippen LogP contribution < -0.4 is 5.73 Å². The number of rotatable bonds is 6. The molecule has 0 aliphatic heterocycles. The van der Waals surface area contributed by atoms with Crippen LogP contribution in [0.15, 0.2) is 30.5 Å². The molecule has 1 aromatic carbocycles. The molecule has 1 heterocycles. The van der Waals surface area contributed by atoms with E-state index in [-0.39, 0.29) is 6.61 Å². The van der Waals surface area contributed by atoms with Crippen molar-refractivity contribution in [3.63, 3.8) is 0 Å². The third-order valence-corrected chi connectivity index (χ3v) is 3.03. The van der Waals surface area contributed by atoms with Crippen LogP contribution in [0.25, 0.3) is 10.9 Å². The van der Waals surface area contributed by atoms with Gasteiger partial charge in [0.15, 0.2) is 0 Å². The molecule has 0 saturated carbocycles. The van der Waals surface area contributed by atoms with Gasteiger partial charge in [-0.2, -0.15) is 13.2 Å². The van der Waals surface area contributed by atoms with Crippen molar-refractivity contribution >= 4 is 10.9 Å². The zero-order valence-corrected chi connectivity index (χ0v) is 11.0. The number of nitrogens with two attached hydrogens (primary N) is 1. The quantitative estimate of drug-likeness (QED) is 0.829. The van der Waals surface area contributed by atoms with Gasteiger partial charge >= 0.3 is 6.18 Å². The number of ether oxygens (including phenoxy) is 1. The average Bonchev–Trinajstić information content (AvgIpc) is 2.73. The highest BCUT2D eigenvalue weighted by molar-refractivity contribution is 5.84. The minimum absolute atomic E-state index is 0.0280. The molecule has 3 nitrogen and oxygen atoms in total. The first-order valence-electron chi connectivity index (χ1n) is 6.42. The molecule has 0 saturated heterocycles. The van der Waals surface area contributed by atoms with Crippen molar-refractivity contribution in [2.24, 2.45) is 5.73 Å². The van der Waals surface area contributed by atoms with Crippen molar-refractivity contribution in [2.75, 3.05) is 19.8 Å². The number of halogens is 3. The lowest BCUT2D eigenvalue weighted by Crippen LogP contribution is -2.18. The second-order valence-corrected chi connectivity index (χ2v) is 4.57. The predicted octanol–water partition coefficient (Wildman–Crippen LogP) is 2.72. The summed E-state index contributed by atoms with van der Waals surface area (Å²) < 4.78 is 42.5. The van der Waals surface area contributed by atoms with Crippen LogP contribution in [-0.4, -0.2) is 30.5 Å². The van der Waals surface area contributed by atoms with E-state index in [1.165, 1.54) is 0 Å². The first kappa shape index (κ1) is 14.9. The van der Waals surface area contributed by atoms with Gasteiger partial charge in [-0.15, -0.1) is 0 Å². The molecule has 0 aliphatic rings. The molecule has 2 N–H and O–H groups in total. The van der Waals surface area contributed by atoms with E-state index in [0.717, 1.165) is 22.9 Å². The van der Waals surface area contributed by atoms with Gasteiger partial charge in [0.1, 0.15) is 6.61 Å². The minimum Gasteiger partial charge on any atom is -0.370 e. The van der Waals surface area contributed by atoms with Gasteiger partial charge in [-0.25, -0.2) is 0 Å². The molecule has 0 amide bonds. The largest absolute Gasteiger partial charge is 0.411 e. The first-order chi connectivity index (χ1) is 9.51. The molecule has 0 radical (unpaired) electrons. The smallest absolute Gasteiger partial charge is 0.370 e. The number of alkyl halides is 3. The maximum absolute atomic E-state index is 12.0. The predicted molar refractivity (Wildman–Crippen MR) is 71.6 cm³/mol. The summed E-state index contributed by atoms with van der Waals surface area (Å²) in [6, 6.07) is 7.78. The van der Waals surface area contributed by atoms with Gasteiger partial charge in [0.05, 0.1) is 6.61 Å². The summed E-state index contributed by atoms with van der Waals surface area (Å²) in [7, 11) is 0.